The van der Waals surface area contributed by atoms with Gasteiger partial charge in [-0.05, 0) is 76.8 Å². The van der Waals surface area contributed by atoms with E-state index in [1.807, 2.05) is 18.2 Å². The molecule has 0 unspecified atom stereocenters. The van der Waals surface area contributed by atoms with Crippen molar-refractivity contribution < 1.29 is 14.0 Å². The molecule has 162 valence electrons. The third-order valence-corrected chi connectivity index (χ3v) is 5.75. The summed E-state index contributed by atoms with van der Waals surface area (Å²) < 4.78 is 14.5. The Morgan fingerprint density at radius 3 is 2.62 bits per heavy atom. The molecule has 3 N–H and O–H groups in total. The summed E-state index contributed by atoms with van der Waals surface area (Å²) in [6, 6.07) is 17.1. The Hall–Kier alpha value is -3.52. The van der Waals surface area contributed by atoms with Crippen LogP contribution in [0.1, 0.15) is 28.8 Å². The van der Waals surface area contributed by atoms with E-state index < -0.39 is 5.91 Å². The number of hydrogen-bond donors (Lipinski definition) is 3. The molecule has 4 rings (SSSR count). The van der Waals surface area contributed by atoms with E-state index in [0.717, 1.165) is 27.9 Å². The third-order valence-electron chi connectivity index (χ3n) is 5.05. The summed E-state index contributed by atoms with van der Waals surface area (Å²) in [5.74, 6) is -1.04. The lowest BCUT2D eigenvalue weighted by molar-refractivity contribution is -0.121. The topological polar surface area (TPSA) is 86.9 Å². The second kappa shape index (κ2) is 9.74. The largest absolute Gasteiger partial charge is 0.353 e. The van der Waals surface area contributed by atoms with Gasteiger partial charge in [0.1, 0.15) is 5.82 Å². The molecule has 0 aliphatic rings. The quantitative estimate of drug-likeness (QED) is 0.332. The summed E-state index contributed by atoms with van der Waals surface area (Å²) >= 11 is 3.31. The Morgan fingerprint density at radius 2 is 1.84 bits per heavy atom. The predicted molar refractivity (Wildman–Crippen MR) is 124 cm³/mol. The Balaban J connectivity index is 1.42. The summed E-state index contributed by atoms with van der Waals surface area (Å²) in [4.78, 5) is 32.2. The smallest absolute Gasteiger partial charge is 0.270 e. The highest BCUT2D eigenvalue weighted by molar-refractivity contribution is 9.10. The minimum absolute atomic E-state index is 0.194. The van der Waals surface area contributed by atoms with Crippen LogP contribution in [-0.2, 0) is 11.2 Å². The Kier molecular flexibility index (Phi) is 6.61. The standard InChI is InChI=1S/C24H20BrFN4O2/c25-19-8-2-1-6-17(19)24(32)30-29-22(31)10-5-7-16-18-14-15(26)11-12-20(18)28-23(16)21-9-3-4-13-27-21/h1-4,6,8-9,11-14,28H,5,7,10H2,(H,29,31)(H,30,32). The molecule has 8 heteroatoms. The molecule has 2 aromatic heterocycles. The number of fused-ring (bicyclic) bond motifs is 1. The van der Waals surface area contributed by atoms with E-state index in [4.69, 9.17) is 0 Å². The zero-order valence-corrected chi connectivity index (χ0v) is 18.6. The van der Waals surface area contributed by atoms with Gasteiger partial charge in [-0.2, -0.15) is 0 Å². The molecule has 6 nitrogen and oxygen atoms in total. The number of aryl methyl sites for hydroxylation is 1. The molecule has 0 saturated carbocycles. The van der Waals surface area contributed by atoms with Crippen LogP contribution in [0.3, 0.4) is 0 Å². The van der Waals surface area contributed by atoms with Gasteiger partial charge in [0, 0.05) is 28.0 Å². The van der Waals surface area contributed by atoms with Gasteiger partial charge in [-0.25, -0.2) is 4.39 Å². The fourth-order valence-electron chi connectivity index (χ4n) is 3.54. The number of halogens is 2. The summed E-state index contributed by atoms with van der Waals surface area (Å²) in [5.41, 5.74) is 8.58. The SMILES string of the molecule is O=C(CCCc1c(-c2ccccn2)[nH]c2ccc(F)cc12)NNC(=O)c1ccccc1Br. The first-order valence-corrected chi connectivity index (χ1v) is 10.9. The summed E-state index contributed by atoms with van der Waals surface area (Å²) in [5, 5.41) is 0.772. The maximum atomic E-state index is 13.9. The molecule has 0 aliphatic carbocycles. The van der Waals surface area contributed by atoms with Gasteiger partial charge in [0.2, 0.25) is 5.91 Å². The summed E-state index contributed by atoms with van der Waals surface area (Å²) in [6.07, 6.45) is 2.95. The van der Waals surface area contributed by atoms with E-state index in [1.54, 1.807) is 36.5 Å². The fourth-order valence-corrected chi connectivity index (χ4v) is 4.00. The van der Waals surface area contributed by atoms with E-state index in [1.165, 1.54) is 12.1 Å². The minimum Gasteiger partial charge on any atom is -0.353 e. The van der Waals surface area contributed by atoms with E-state index in [2.05, 4.69) is 36.7 Å². The van der Waals surface area contributed by atoms with Crippen LogP contribution < -0.4 is 10.9 Å². The molecule has 0 atom stereocenters. The lowest BCUT2D eigenvalue weighted by atomic mass is 10.0. The first-order chi connectivity index (χ1) is 15.5. The van der Waals surface area contributed by atoms with Crippen molar-refractivity contribution in [3.8, 4) is 11.4 Å². The van der Waals surface area contributed by atoms with Crippen molar-refractivity contribution in [3.05, 3.63) is 88.3 Å². The first kappa shape index (κ1) is 21.7. The van der Waals surface area contributed by atoms with Crippen LogP contribution in [-0.4, -0.2) is 21.8 Å². The van der Waals surface area contributed by atoms with E-state index in [0.29, 0.717) is 22.9 Å². The molecule has 32 heavy (non-hydrogen) atoms. The van der Waals surface area contributed by atoms with E-state index >= 15 is 0 Å². The normalized spacial score (nSPS) is 10.8. The van der Waals surface area contributed by atoms with Crippen molar-refractivity contribution in [1.29, 1.82) is 0 Å². The maximum Gasteiger partial charge on any atom is 0.270 e. The van der Waals surface area contributed by atoms with Gasteiger partial charge in [-0.1, -0.05) is 18.2 Å². The molecular weight excluding hydrogens is 475 g/mol. The van der Waals surface area contributed by atoms with Crippen LogP contribution >= 0.6 is 15.9 Å². The number of hydrazine groups is 1. The molecule has 0 bridgehead atoms. The van der Waals surface area contributed by atoms with Gasteiger partial charge in [0.15, 0.2) is 0 Å². The Labute approximate surface area is 192 Å². The maximum absolute atomic E-state index is 13.9. The number of amides is 2. The number of carbonyl (C=O) groups is 2. The molecule has 0 aliphatic heterocycles. The average molecular weight is 495 g/mol. The molecule has 4 aromatic rings. The molecule has 2 heterocycles. The van der Waals surface area contributed by atoms with Gasteiger partial charge in [-0.3, -0.25) is 25.4 Å². The predicted octanol–water partition coefficient (Wildman–Crippen LogP) is 4.92. The molecule has 0 saturated heterocycles. The van der Waals surface area contributed by atoms with Crippen LogP contribution in [0.15, 0.2) is 71.3 Å². The molecular formula is C24H20BrFN4O2. The van der Waals surface area contributed by atoms with Gasteiger partial charge >= 0.3 is 0 Å². The number of hydrogen-bond acceptors (Lipinski definition) is 3. The Bertz CT molecular complexity index is 1270. The van der Waals surface area contributed by atoms with Gasteiger partial charge in [0.25, 0.3) is 5.91 Å². The third kappa shape index (κ3) is 4.86. The first-order valence-electron chi connectivity index (χ1n) is 10.1. The highest BCUT2D eigenvalue weighted by Gasteiger charge is 2.16. The van der Waals surface area contributed by atoms with Crippen molar-refractivity contribution in [2.24, 2.45) is 0 Å². The summed E-state index contributed by atoms with van der Waals surface area (Å²) in [6.45, 7) is 0. The lowest BCUT2D eigenvalue weighted by Crippen LogP contribution is -2.41. The average Bonchev–Trinajstić information content (AvgIpc) is 3.16. The van der Waals surface area contributed by atoms with Gasteiger partial charge < -0.3 is 4.98 Å². The molecule has 0 radical (unpaired) electrons. The minimum atomic E-state index is -0.407. The number of H-pyrrole nitrogens is 1. The van der Waals surface area contributed by atoms with Crippen LogP contribution in [0.4, 0.5) is 4.39 Å². The van der Waals surface area contributed by atoms with Crippen LogP contribution in [0.25, 0.3) is 22.3 Å². The highest BCUT2D eigenvalue weighted by atomic mass is 79.9. The number of rotatable bonds is 6. The van der Waals surface area contributed by atoms with Crippen molar-refractivity contribution >= 4 is 38.6 Å². The second-order valence-electron chi connectivity index (χ2n) is 7.22. The lowest BCUT2D eigenvalue weighted by Gasteiger charge is -2.09. The highest BCUT2D eigenvalue weighted by Crippen LogP contribution is 2.31. The second-order valence-corrected chi connectivity index (χ2v) is 8.07. The van der Waals surface area contributed by atoms with Gasteiger partial charge in [-0.15, -0.1) is 0 Å². The molecule has 0 spiro atoms. The number of aromatic nitrogens is 2. The van der Waals surface area contributed by atoms with E-state index in [-0.39, 0.29) is 18.1 Å². The van der Waals surface area contributed by atoms with Crippen molar-refractivity contribution in [3.63, 3.8) is 0 Å². The van der Waals surface area contributed by atoms with Crippen molar-refractivity contribution in [2.45, 2.75) is 19.3 Å². The monoisotopic (exact) mass is 494 g/mol. The zero-order chi connectivity index (χ0) is 22.5. The number of carbonyl (C=O) groups excluding carboxylic acids is 2. The zero-order valence-electron chi connectivity index (χ0n) is 17.0. The van der Waals surface area contributed by atoms with Crippen molar-refractivity contribution in [2.75, 3.05) is 0 Å². The molecule has 0 fully saturated rings. The number of nitrogens with one attached hydrogen (secondary N) is 3. The van der Waals surface area contributed by atoms with Crippen LogP contribution in [0, 0.1) is 5.82 Å². The number of benzene rings is 2. The Morgan fingerprint density at radius 1 is 1.03 bits per heavy atom. The number of nitrogens with zero attached hydrogens (tertiary/aromatic N) is 1. The van der Waals surface area contributed by atoms with Crippen LogP contribution in [0.2, 0.25) is 0 Å². The molecule has 2 amide bonds. The van der Waals surface area contributed by atoms with Crippen molar-refractivity contribution in [1.82, 2.24) is 20.8 Å². The fraction of sp³-hybridized carbons (Fsp3) is 0.125. The summed E-state index contributed by atoms with van der Waals surface area (Å²) in [7, 11) is 0. The molecule has 2 aromatic carbocycles. The van der Waals surface area contributed by atoms with Gasteiger partial charge in [0.05, 0.1) is 17.0 Å². The number of pyridine rings is 1. The van der Waals surface area contributed by atoms with E-state index in [9.17, 15) is 14.0 Å². The number of aromatic amines is 1. The van der Waals surface area contributed by atoms with Crippen LogP contribution in [0.5, 0.6) is 0 Å².